The molecule has 122 valence electrons. The van der Waals surface area contributed by atoms with Crippen LogP contribution in [-0.4, -0.2) is 41.5 Å². The van der Waals surface area contributed by atoms with Crippen LogP contribution in [0, 0.1) is 0 Å². The second kappa shape index (κ2) is 7.73. The molecule has 1 atom stereocenters. The molecule has 0 aliphatic carbocycles. The van der Waals surface area contributed by atoms with Crippen LogP contribution in [0.2, 0.25) is 0 Å². The SMILES string of the molecule is COc1ccccc1CNc1cnnc(NCC2CCCO2)n1. The molecule has 7 nitrogen and oxygen atoms in total. The van der Waals surface area contributed by atoms with Crippen molar-refractivity contribution < 1.29 is 9.47 Å². The van der Waals surface area contributed by atoms with Gasteiger partial charge in [-0.2, -0.15) is 10.1 Å². The van der Waals surface area contributed by atoms with E-state index >= 15 is 0 Å². The highest BCUT2D eigenvalue weighted by Crippen LogP contribution is 2.18. The van der Waals surface area contributed by atoms with Crippen molar-refractivity contribution in [3.05, 3.63) is 36.0 Å². The molecule has 2 heterocycles. The van der Waals surface area contributed by atoms with E-state index in [2.05, 4.69) is 25.8 Å². The summed E-state index contributed by atoms with van der Waals surface area (Å²) in [6.07, 6.45) is 4.04. The third-order valence-corrected chi connectivity index (χ3v) is 3.72. The Kier molecular flexibility index (Phi) is 5.21. The zero-order valence-corrected chi connectivity index (χ0v) is 13.2. The van der Waals surface area contributed by atoms with Crippen molar-refractivity contribution in [3.63, 3.8) is 0 Å². The third kappa shape index (κ3) is 4.29. The summed E-state index contributed by atoms with van der Waals surface area (Å²) in [5.41, 5.74) is 1.06. The summed E-state index contributed by atoms with van der Waals surface area (Å²) in [4.78, 5) is 4.41. The summed E-state index contributed by atoms with van der Waals surface area (Å²) in [7, 11) is 1.66. The lowest BCUT2D eigenvalue weighted by molar-refractivity contribution is 0.120. The van der Waals surface area contributed by atoms with Crippen molar-refractivity contribution in [1.82, 2.24) is 15.2 Å². The number of rotatable bonds is 7. The van der Waals surface area contributed by atoms with Gasteiger partial charge >= 0.3 is 0 Å². The molecule has 1 saturated heterocycles. The van der Waals surface area contributed by atoms with E-state index in [1.807, 2.05) is 24.3 Å². The smallest absolute Gasteiger partial charge is 0.244 e. The average molecular weight is 315 g/mol. The Morgan fingerprint density at radius 3 is 3.04 bits per heavy atom. The Hall–Kier alpha value is -2.41. The van der Waals surface area contributed by atoms with Crippen molar-refractivity contribution in [2.75, 3.05) is 30.9 Å². The Morgan fingerprint density at radius 2 is 2.22 bits per heavy atom. The molecule has 0 amide bonds. The molecule has 1 unspecified atom stereocenters. The van der Waals surface area contributed by atoms with Crippen LogP contribution in [0.5, 0.6) is 5.75 Å². The van der Waals surface area contributed by atoms with Gasteiger partial charge in [-0.25, -0.2) is 0 Å². The van der Waals surface area contributed by atoms with Gasteiger partial charge in [0.2, 0.25) is 5.95 Å². The first-order valence-corrected chi connectivity index (χ1v) is 7.76. The molecule has 1 aliphatic rings. The molecule has 1 aliphatic heterocycles. The van der Waals surface area contributed by atoms with E-state index < -0.39 is 0 Å². The lowest BCUT2D eigenvalue weighted by atomic mass is 10.2. The highest BCUT2D eigenvalue weighted by molar-refractivity contribution is 5.41. The number of ether oxygens (including phenoxy) is 2. The Balaban J connectivity index is 1.56. The van der Waals surface area contributed by atoms with Gasteiger partial charge in [-0.05, 0) is 18.9 Å². The summed E-state index contributed by atoms with van der Waals surface area (Å²) in [6.45, 7) is 2.15. The summed E-state index contributed by atoms with van der Waals surface area (Å²) in [5.74, 6) is 2.02. The molecular weight excluding hydrogens is 294 g/mol. The summed E-state index contributed by atoms with van der Waals surface area (Å²) in [6, 6.07) is 7.87. The van der Waals surface area contributed by atoms with Crippen LogP contribution in [0.15, 0.2) is 30.5 Å². The number of nitrogens with one attached hydrogen (secondary N) is 2. The maximum atomic E-state index is 5.57. The van der Waals surface area contributed by atoms with E-state index in [1.54, 1.807) is 13.3 Å². The Morgan fingerprint density at radius 1 is 1.30 bits per heavy atom. The van der Waals surface area contributed by atoms with Crippen molar-refractivity contribution >= 4 is 11.8 Å². The number of para-hydroxylation sites is 1. The third-order valence-electron chi connectivity index (χ3n) is 3.72. The first-order valence-electron chi connectivity index (χ1n) is 7.76. The molecule has 1 fully saturated rings. The lowest BCUT2D eigenvalue weighted by Crippen LogP contribution is -2.20. The number of anilines is 2. The van der Waals surface area contributed by atoms with Gasteiger partial charge in [0.25, 0.3) is 0 Å². The van der Waals surface area contributed by atoms with Gasteiger partial charge in [0, 0.05) is 25.3 Å². The van der Waals surface area contributed by atoms with E-state index in [0.29, 0.717) is 24.9 Å². The summed E-state index contributed by atoms with van der Waals surface area (Å²) < 4.78 is 10.9. The fraction of sp³-hybridized carbons (Fsp3) is 0.438. The minimum Gasteiger partial charge on any atom is -0.496 e. The van der Waals surface area contributed by atoms with Gasteiger partial charge in [-0.3, -0.25) is 0 Å². The van der Waals surface area contributed by atoms with E-state index in [0.717, 1.165) is 30.8 Å². The second-order valence-electron chi connectivity index (χ2n) is 5.35. The average Bonchev–Trinajstić information content (AvgIpc) is 3.12. The molecule has 1 aromatic carbocycles. The van der Waals surface area contributed by atoms with Crippen molar-refractivity contribution in [2.24, 2.45) is 0 Å². The Labute approximate surface area is 135 Å². The summed E-state index contributed by atoms with van der Waals surface area (Å²) >= 11 is 0. The molecule has 0 radical (unpaired) electrons. The molecule has 7 heteroatoms. The first kappa shape index (κ1) is 15.5. The number of nitrogens with zero attached hydrogens (tertiary/aromatic N) is 3. The molecule has 23 heavy (non-hydrogen) atoms. The van der Waals surface area contributed by atoms with Gasteiger partial charge in [0.05, 0.1) is 19.4 Å². The van der Waals surface area contributed by atoms with Crippen LogP contribution in [-0.2, 0) is 11.3 Å². The minimum atomic E-state index is 0.240. The minimum absolute atomic E-state index is 0.240. The normalized spacial score (nSPS) is 17.0. The highest BCUT2D eigenvalue weighted by Gasteiger charge is 2.15. The van der Waals surface area contributed by atoms with Gasteiger partial charge in [0.15, 0.2) is 5.82 Å². The lowest BCUT2D eigenvalue weighted by Gasteiger charge is -2.12. The van der Waals surface area contributed by atoms with Gasteiger partial charge < -0.3 is 20.1 Å². The Bertz CT molecular complexity index is 631. The van der Waals surface area contributed by atoms with Gasteiger partial charge in [0.1, 0.15) is 5.75 Å². The second-order valence-corrected chi connectivity index (χ2v) is 5.35. The van der Waals surface area contributed by atoms with Crippen LogP contribution in [0.25, 0.3) is 0 Å². The zero-order valence-electron chi connectivity index (χ0n) is 13.2. The molecule has 0 saturated carbocycles. The molecule has 0 spiro atoms. The zero-order chi connectivity index (χ0) is 15.9. The quantitative estimate of drug-likeness (QED) is 0.809. The largest absolute Gasteiger partial charge is 0.496 e. The standard InChI is InChI=1S/C16H21N5O2/c1-22-14-7-3-2-5-12(14)9-17-15-11-19-21-16(20-15)18-10-13-6-4-8-23-13/h2-3,5,7,11,13H,4,6,8-10H2,1H3,(H2,17,18,20,21). The van der Waals surface area contributed by atoms with Gasteiger partial charge in [-0.1, -0.05) is 18.2 Å². The van der Waals surface area contributed by atoms with Crippen molar-refractivity contribution in [3.8, 4) is 5.75 Å². The van der Waals surface area contributed by atoms with E-state index in [1.165, 1.54) is 0 Å². The molecule has 2 N–H and O–H groups in total. The van der Waals surface area contributed by atoms with E-state index in [9.17, 15) is 0 Å². The monoisotopic (exact) mass is 315 g/mol. The number of methoxy groups -OCH3 is 1. The molecule has 0 bridgehead atoms. The van der Waals surface area contributed by atoms with Crippen molar-refractivity contribution in [1.29, 1.82) is 0 Å². The maximum absolute atomic E-state index is 5.57. The predicted octanol–water partition coefficient (Wildman–Crippen LogP) is 2.08. The number of hydrogen-bond acceptors (Lipinski definition) is 7. The van der Waals surface area contributed by atoms with Crippen molar-refractivity contribution in [2.45, 2.75) is 25.5 Å². The van der Waals surface area contributed by atoms with E-state index in [-0.39, 0.29) is 6.10 Å². The predicted molar refractivity (Wildman–Crippen MR) is 87.6 cm³/mol. The van der Waals surface area contributed by atoms with Crippen LogP contribution < -0.4 is 15.4 Å². The molecule has 1 aromatic heterocycles. The van der Waals surface area contributed by atoms with Crippen LogP contribution in [0.1, 0.15) is 18.4 Å². The van der Waals surface area contributed by atoms with E-state index in [4.69, 9.17) is 9.47 Å². The topological polar surface area (TPSA) is 81.2 Å². The molecular formula is C16H21N5O2. The van der Waals surface area contributed by atoms with Crippen LogP contribution >= 0.6 is 0 Å². The number of hydrogen-bond donors (Lipinski definition) is 2. The molecule has 3 rings (SSSR count). The first-order chi connectivity index (χ1) is 11.3. The fourth-order valence-electron chi connectivity index (χ4n) is 2.51. The fourth-order valence-corrected chi connectivity index (χ4v) is 2.51. The summed E-state index contributed by atoms with van der Waals surface area (Å²) in [5, 5.41) is 14.4. The molecule has 2 aromatic rings. The van der Waals surface area contributed by atoms with Gasteiger partial charge in [-0.15, -0.1) is 5.10 Å². The highest BCUT2D eigenvalue weighted by atomic mass is 16.5. The van der Waals surface area contributed by atoms with Crippen LogP contribution in [0.4, 0.5) is 11.8 Å². The van der Waals surface area contributed by atoms with Crippen LogP contribution in [0.3, 0.4) is 0 Å². The number of benzene rings is 1. The number of aromatic nitrogens is 3. The maximum Gasteiger partial charge on any atom is 0.244 e.